The van der Waals surface area contributed by atoms with Gasteiger partial charge in [-0.15, -0.1) is 0 Å². The molecule has 11 nitrogen and oxygen atoms in total. The van der Waals surface area contributed by atoms with Gasteiger partial charge in [-0.05, 0) is 60.2 Å². The molecule has 2 aliphatic carbocycles. The standard InChI is InChI=1S/C42H33Cl2F3N4O7/c1-4-20-5-11-24(12-6-20)50-37(53)27-14-13-26-28(33(27)39(50)55)18-29-38(54)51(49-36-30(44)15-22(19-48-36)42(45,46)47)40(56)41(29,21-7-9-23(43)10-8-21)35(26)34-31(57-2)16-25(52)17-32(34)58-3/h4-13,15-17,19,27-29,33,35,52H,1,14,18H2,2-3H3,(H,48,49). The Morgan fingerprint density at radius 3 is 2.17 bits per heavy atom. The van der Waals surface area contributed by atoms with Crippen LogP contribution in [0.4, 0.5) is 24.7 Å². The lowest BCUT2D eigenvalue weighted by Gasteiger charge is -2.51. The third-order valence-corrected chi connectivity index (χ3v) is 12.3. The van der Waals surface area contributed by atoms with Crippen LogP contribution in [0, 0.1) is 23.7 Å². The quantitative estimate of drug-likeness (QED) is 0.134. The number of amides is 4. The van der Waals surface area contributed by atoms with Crippen LogP contribution in [0.5, 0.6) is 17.2 Å². The molecule has 6 atom stereocenters. The molecule has 4 aromatic rings. The zero-order valence-electron chi connectivity index (χ0n) is 30.7. The number of halogens is 5. The van der Waals surface area contributed by atoms with Crippen LogP contribution in [0.3, 0.4) is 0 Å². The highest BCUT2D eigenvalue weighted by Gasteiger charge is 2.71. The molecule has 0 bridgehead atoms. The highest BCUT2D eigenvalue weighted by atomic mass is 35.5. The predicted octanol–water partition coefficient (Wildman–Crippen LogP) is 7.96. The van der Waals surface area contributed by atoms with Crippen LogP contribution in [-0.2, 0) is 30.8 Å². The lowest BCUT2D eigenvalue weighted by molar-refractivity contribution is -0.139. The fraction of sp³-hybridized carbons (Fsp3) is 0.262. The Morgan fingerprint density at radius 1 is 0.931 bits per heavy atom. The van der Waals surface area contributed by atoms with Gasteiger partial charge in [0.25, 0.3) is 11.8 Å². The smallest absolute Gasteiger partial charge is 0.417 e. The van der Waals surface area contributed by atoms with E-state index in [2.05, 4.69) is 17.0 Å². The normalized spacial score (nSPS) is 25.2. The number of allylic oxidation sites excluding steroid dienone is 2. The van der Waals surface area contributed by atoms with Gasteiger partial charge >= 0.3 is 6.18 Å². The third-order valence-electron chi connectivity index (χ3n) is 11.8. The number of nitrogens with zero attached hydrogens (tertiary/aromatic N) is 3. The van der Waals surface area contributed by atoms with Crippen molar-refractivity contribution in [3.8, 4) is 17.2 Å². The molecule has 2 aliphatic heterocycles. The number of methoxy groups -OCH3 is 2. The minimum Gasteiger partial charge on any atom is -0.508 e. The zero-order valence-corrected chi connectivity index (χ0v) is 32.2. The molecule has 2 saturated heterocycles. The minimum atomic E-state index is -4.77. The summed E-state index contributed by atoms with van der Waals surface area (Å²) in [7, 11) is 2.72. The summed E-state index contributed by atoms with van der Waals surface area (Å²) in [6, 6.07) is 16.4. The third kappa shape index (κ3) is 5.83. The van der Waals surface area contributed by atoms with Gasteiger partial charge in [-0.25, -0.2) is 4.98 Å². The van der Waals surface area contributed by atoms with Gasteiger partial charge in [-0.2, -0.15) is 18.2 Å². The number of carbonyl (C=O) groups excluding carboxylic acids is 4. The van der Waals surface area contributed by atoms with Gasteiger partial charge < -0.3 is 14.6 Å². The van der Waals surface area contributed by atoms with Crippen molar-refractivity contribution in [3.05, 3.63) is 123 Å². The van der Waals surface area contributed by atoms with Crippen molar-refractivity contribution >= 4 is 64.4 Å². The minimum absolute atomic E-state index is 0.0921. The largest absolute Gasteiger partial charge is 0.508 e. The second-order valence-electron chi connectivity index (χ2n) is 14.5. The van der Waals surface area contributed by atoms with Crippen LogP contribution in [0.25, 0.3) is 6.08 Å². The summed E-state index contributed by atoms with van der Waals surface area (Å²) in [4.78, 5) is 64.3. The van der Waals surface area contributed by atoms with Crippen molar-refractivity contribution in [3.63, 3.8) is 0 Å². The first-order valence-corrected chi connectivity index (χ1v) is 18.8. The van der Waals surface area contributed by atoms with E-state index >= 15 is 9.59 Å². The summed E-state index contributed by atoms with van der Waals surface area (Å²) in [5.74, 6) is -7.95. The molecule has 2 N–H and O–H groups in total. The molecule has 0 spiro atoms. The molecule has 3 aromatic carbocycles. The monoisotopic (exact) mass is 832 g/mol. The van der Waals surface area contributed by atoms with Gasteiger partial charge in [-0.3, -0.25) is 29.5 Å². The molecule has 4 aliphatic rings. The van der Waals surface area contributed by atoms with Gasteiger partial charge in [0.1, 0.15) is 17.2 Å². The molecule has 58 heavy (non-hydrogen) atoms. The van der Waals surface area contributed by atoms with Crippen molar-refractivity contribution in [2.45, 2.75) is 30.4 Å². The summed E-state index contributed by atoms with van der Waals surface area (Å²) in [6.45, 7) is 3.77. The molecule has 1 aromatic heterocycles. The van der Waals surface area contributed by atoms with Crippen LogP contribution in [0.1, 0.15) is 41.0 Å². The molecule has 6 unspecified atom stereocenters. The summed E-state index contributed by atoms with van der Waals surface area (Å²) < 4.78 is 52.3. The summed E-state index contributed by atoms with van der Waals surface area (Å²) in [6.07, 6.45) is -0.786. The van der Waals surface area contributed by atoms with E-state index in [-0.39, 0.29) is 35.7 Å². The number of carbonyl (C=O) groups is 4. The first-order valence-electron chi connectivity index (χ1n) is 18.0. The number of rotatable bonds is 8. The van der Waals surface area contributed by atoms with Crippen molar-refractivity contribution in [1.29, 1.82) is 0 Å². The van der Waals surface area contributed by atoms with Crippen molar-refractivity contribution in [2.75, 3.05) is 24.5 Å². The number of hydrogen-bond donors (Lipinski definition) is 2. The van der Waals surface area contributed by atoms with Gasteiger partial charge in [0, 0.05) is 34.8 Å². The number of imide groups is 2. The fourth-order valence-corrected chi connectivity index (χ4v) is 9.65. The number of hydrazine groups is 1. The molecule has 3 fully saturated rings. The summed E-state index contributed by atoms with van der Waals surface area (Å²) in [5, 5.41) is 11.3. The molecule has 4 amide bonds. The molecule has 0 radical (unpaired) electrons. The highest BCUT2D eigenvalue weighted by Crippen LogP contribution is 2.66. The average Bonchev–Trinajstić information content (AvgIpc) is 3.58. The van der Waals surface area contributed by atoms with Crippen LogP contribution in [0.15, 0.2) is 91.2 Å². The van der Waals surface area contributed by atoms with Crippen LogP contribution >= 0.6 is 23.2 Å². The lowest BCUT2D eigenvalue weighted by atomic mass is 9.49. The number of anilines is 2. The van der Waals surface area contributed by atoms with Crippen LogP contribution < -0.4 is 19.8 Å². The predicted molar refractivity (Wildman–Crippen MR) is 207 cm³/mol. The highest BCUT2D eigenvalue weighted by molar-refractivity contribution is 6.33. The number of nitrogens with one attached hydrogen (secondary N) is 1. The maximum atomic E-state index is 15.5. The van der Waals surface area contributed by atoms with Crippen LogP contribution in [0.2, 0.25) is 10.0 Å². The number of fused-ring (bicyclic) bond motifs is 4. The Labute approximate surface area is 339 Å². The molecule has 8 rings (SSSR count). The lowest BCUT2D eigenvalue weighted by Crippen LogP contribution is -2.53. The number of hydrogen-bond acceptors (Lipinski definition) is 9. The van der Waals surface area contributed by atoms with E-state index in [0.717, 1.165) is 10.5 Å². The number of aromatic nitrogens is 1. The first-order chi connectivity index (χ1) is 27.6. The number of phenols is 1. The van der Waals surface area contributed by atoms with Gasteiger partial charge in [0.2, 0.25) is 11.8 Å². The SMILES string of the molecule is C=Cc1ccc(N2C(=O)C3CC=C4C(CC5C(=O)N(Nc6ncc(C(F)(F)F)cc6Cl)C(=O)C5(c5ccc(Cl)cc5)C4c4c(OC)cc(O)cc4OC)C3C2=O)cc1. The Balaban J connectivity index is 1.35. The first kappa shape index (κ1) is 39.0. The molecule has 1 saturated carbocycles. The Morgan fingerprint density at radius 2 is 1.59 bits per heavy atom. The fourth-order valence-electron chi connectivity index (χ4n) is 9.32. The number of alkyl halides is 3. The number of ether oxygens (including phenoxy) is 2. The number of pyridine rings is 1. The average molecular weight is 834 g/mol. The second-order valence-corrected chi connectivity index (χ2v) is 15.3. The van der Waals surface area contributed by atoms with E-state index in [9.17, 15) is 27.9 Å². The van der Waals surface area contributed by atoms with E-state index in [1.807, 2.05) is 6.08 Å². The molecule has 3 heterocycles. The number of aromatic hydroxyl groups is 1. The van der Waals surface area contributed by atoms with E-state index in [0.29, 0.717) is 39.1 Å². The summed E-state index contributed by atoms with van der Waals surface area (Å²) in [5.41, 5.74) is 1.88. The zero-order chi connectivity index (χ0) is 41.4. The Kier molecular flexibility index (Phi) is 9.55. The second kappa shape index (κ2) is 14.2. The molecular weight excluding hydrogens is 800 g/mol. The van der Waals surface area contributed by atoms with E-state index in [1.165, 1.54) is 26.4 Å². The van der Waals surface area contributed by atoms with Crippen molar-refractivity contribution < 1.29 is 46.9 Å². The topological polar surface area (TPSA) is 138 Å². The van der Waals surface area contributed by atoms with Crippen molar-refractivity contribution in [2.24, 2.45) is 23.7 Å². The van der Waals surface area contributed by atoms with Crippen molar-refractivity contribution in [1.82, 2.24) is 9.99 Å². The molecule has 16 heteroatoms. The van der Waals surface area contributed by atoms with Crippen LogP contribution in [-0.4, -0.2) is 52.9 Å². The van der Waals surface area contributed by atoms with Gasteiger partial charge in [0.05, 0.1) is 53.7 Å². The van der Waals surface area contributed by atoms with Gasteiger partial charge in [-0.1, -0.05) is 71.8 Å². The number of benzene rings is 3. The van der Waals surface area contributed by atoms with Gasteiger partial charge in [0.15, 0.2) is 5.82 Å². The van der Waals surface area contributed by atoms with E-state index < -0.39 is 81.2 Å². The Hall–Kier alpha value is -5.86. The molecular formula is C42H33Cl2F3N4O7. The van der Waals surface area contributed by atoms with E-state index in [1.54, 1.807) is 54.6 Å². The van der Waals surface area contributed by atoms with E-state index in [4.69, 9.17) is 32.7 Å². The Bertz CT molecular complexity index is 2420. The maximum Gasteiger partial charge on any atom is 0.417 e. The number of phenolic OH excluding ortho intramolecular Hbond substituents is 1. The maximum absolute atomic E-state index is 15.5. The summed E-state index contributed by atoms with van der Waals surface area (Å²) >= 11 is 12.7. The molecule has 298 valence electrons.